The molecule has 0 spiro atoms. The number of rotatable bonds is 3. The fourth-order valence-corrected chi connectivity index (χ4v) is 4.25. The summed E-state index contributed by atoms with van der Waals surface area (Å²) in [5.74, 6) is 0.214. The third-order valence-electron chi connectivity index (χ3n) is 5.77. The van der Waals surface area contributed by atoms with E-state index in [4.69, 9.17) is 0 Å². The molecule has 0 aliphatic carbocycles. The van der Waals surface area contributed by atoms with Gasteiger partial charge in [0.1, 0.15) is 11.4 Å². The van der Waals surface area contributed by atoms with Gasteiger partial charge in [-0.2, -0.15) is 0 Å². The Kier molecular flexibility index (Phi) is 4.08. The Labute approximate surface area is 185 Å². The van der Waals surface area contributed by atoms with Crippen molar-refractivity contribution in [2.24, 2.45) is 7.05 Å². The molecule has 4 aromatic carbocycles. The Morgan fingerprint density at radius 3 is 2.00 bits per heavy atom. The average molecular weight is 416 g/mol. The second-order valence-corrected chi connectivity index (χ2v) is 7.75. The Morgan fingerprint density at radius 1 is 0.656 bits per heavy atom. The van der Waals surface area contributed by atoms with Crippen LogP contribution >= 0.6 is 0 Å². The van der Waals surface area contributed by atoms with Gasteiger partial charge >= 0.3 is 0 Å². The molecule has 0 atom stereocenters. The molecule has 0 radical (unpaired) electrons. The van der Waals surface area contributed by atoms with Crippen LogP contribution in [0.2, 0.25) is 0 Å². The molecule has 0 amide bonds. The second kappa shape index (κ2) is 7.10. The Morgan fingerprint density at radius 2 is 1.25 bits per heavy atom. The van der Waals surface area contributed by atoms with E-state index in [9.17, 15) is 5.11 Å². The maximum Gasteiger partial charge on any atom is 0.269 e. The van der Waals surface area contributed by atoms with Crippen LogP contribution in [0.4, 0.5) is 0 Å². The first-order valence-electron chi connectivity index (χ1n) is 10.4. The van der Waals surface area contributed by atoms with Gasteiger partial charge in [-0.15, -0.1) is 0 Å². The van der Waals surface area contributed by atoms with Crippen molar-refractivity contribution in [3.63, 3.8) is 0 Å². The smallest absolute Gasteiger partial charge is 0.269 e. The van der Waals surface area contributed by atoms with Crippen LogP contribution in [0, 0.1) is 12.7 Å². The lowest BCUT2D eigenvalue weighted by atomic mass is 10.2. The van der Waals surface area contributed by atoms with Crippen LogP contribution in [0.1, 0.15) is 0 Å². The molecule has 0 fully saturated rings. The van der Waals surface area contributed by atoms with Gasteiger partial charge in [0.15, 0.2) is 0 Å². The van der Waals surface area contributed by atoms with Crippen LogP contribution in [-0.2, 0) is 7.05 Å². The number of hydrogen-bond donors (Lipinski definition) is 1. The lowest BCUT2D eigenvalue weighted by molar-refractivity contribution is -0.649. The molecular weight excluding hydrogens is 396 g/mol. The van der Waals surface area contributed by atoms with Crippen molar-refractivity contribution in [1.82, 2.24) is 9.13 Å². The molecule has 154 valence electrons. The molecule has 0 unspecified atom stereocenters. The van der Waals surface area contributed by atoms with Gasteiger partial charge in [-0.05, 0) is 18.2 Å². The van der Waals surface area contributed by atoms with Crippen LogP contribution < -0.4 is 9.13 Å². The lowest BCUT2D eigenvalue weighted by Crippen LogP contribution is -2.29. The van der Waals surface area contributed by atoms with Crippen molar-refractivity contribution in [2.45, 2.75) is 0 Å². The van der Waals surface area contributed by atoms with Crippen molar-refractivity contribution in [3.05, 3.63) is 110 Å². The summed E-state index contributed by atoms with van der Waals surface area (Å²) in [4.78, 5) is 0. The summed E-state index contributed by atoms with van der Waals surface area (Å²) in [7, 11) is 2.01. The first-order chi connectivity index (χ1) is 15.7. The molecule has 6 rings (SSSR count). The van der Waals surface area contributed by atoms with E-state index in [1.165, 1.54) is 0 Å². The molecule has 0 bridgehead atoms. The van der Waals surface area contributed by atoms with Gasteiger partial charge in [-0.25, -0.2) is 0 Å². The molecule has 0 saturated heterocycles. The molecule has 1 N–H and O–H groups in total. The van der Waals surface area contributed by atoms with Crippen molar-refractivity contribution >= 4 is 22.1 Å². The largest absolute Gasteiger partial charge is 0.511 e. The van der Waals surface area contributed by atoms with Crippen molar-refractivity contribution < 1.29 is 14.2 Å². The van der Waals surface area contributed by atoms with Crippen LogP contribution in [0.3, 0.4) is 0 Å². The monoisotopic (exact) mass is 416 g/mol. The highest BCUT2D eigenvalue weighted by atomic mass is 16.3. The summed E-state index contributed by atoms with van der Waals surface area (Å²) in [6.45, 7) is 0. The van der Waals surface area contributed by atoms with E-state index in [1.807, 2.05) is 75.3 Å². The summed E-state index contributed by atoms with van der Waals surface area (Å²) < 4.78 is 8.00. The first kappa shape index (κ1) is 18.4. The van der Waals surface area contributed by atoms with E-state index in [2.05, 4.69) is 53.6 Å². The highest BCUT2D eigenvalue weighted by Crippen LogP contribution is 2.24. The number of aromatic nitrogens is 4. The van der Waals surface area contributed by atoms with Gasteiger partial charge in [-0.1, -0.05) is 78.9 Å². The third kappa shape index (κ3) is 2.79. The number of imidazole rings is 2. The van der Waals surface area contributed by atoms with E-state index in [0.29, 0.717) is 5.69 Å². The van der Waals surface area contributed by atoms with E-state index in [-0.39, 0.29) is 5.75 Å². The standard InChI is InChI=1S/C27H20N4O/c1-28-18-29(23-12-3-2-11-22(23)28)20-9-8-10-21(17-20)30-19-31(25-14-5-4-13-24(25)30)26-15-6-7-16-27(26)32/h2-17,32H,1H3. The summed E-state index contributed by atoms with van der Waals surface area (Å²) in [5, 5.41) is 10.4. The van der Waals surface area contributed by atoms with Crippen LogP contribution in [-0.4, -0.2) is 14.2 Å². The van der Waals surface area contributed by atoms with Gasteiger partial charge in [0.2, 0.25) is 6.33 Å². The maximum absolute atomic E-state index is 10.4. The third-order valence-corrected chi connectivity index (χ3v) is 5.77. The Bertz CT molecular complexity index is 1610. The van der Waals surface area contributed by atoms with Crippen molar-refractivity contribution in [2.75, 3.05) is 0 Å². The number of nitrogens with zero attached hydrogens (tertiary/aromatic N) is 4. The number of fused-ring (bicyclic) bond motifs is 2. The highest BCUT2D eigenvalue weighted by molar-refractivity contribution is 5.76. The minimum Gasteiger partial charge on any atom is -0.511 e. The number of aromatic hydroxyl groups is 1. The minimum absolute atomic E-state index is 0.214. The maximum atomic E-state index is 10.4. The Balaban J connectivity index is 1.56. The van der Waals surface area contributed by atoms with Crippen molar-refractivity contribution in [3.8, 4) is 22.8 Å². The van der Waals surface area contributed by atoms with Crippen LogP contribution in [0.25, 0.3) is 39.1 Å². The molecule has 2 aromatic heterocycles. The summed E-state index contributed by atoms with van der Waals surface area (Å²) >= 11 is 0. The quantitative estimate of drug-likeness (QED) is 0.344. The molecule has 0 aliphatic rings. The van der Waals surface area contributed by atoms with E-state index >= 15 is 0 Å². The number of phenolic OH excluding ortho intramolecular Hbond substituents is 1. The van der Waals surface area contributed by atoms with E-state index in [1.54, 1.807) is 6.07 Å². The lowest BCUT2D eigenvalue weighted by Gasteiger charge is -2.09. The normalized spacial score (nSPS) is 11.4. The predicted octanol–water partition coefficient (Wildman–Crippen LogP) is 3.98. The predicted molar refractivity (Wildman–Crippen MR) is 122 cm³/mol. The summed E-state index contributed by atoms with van der Waals surface area (Å²) in [5.41, 5.74) is 6.85. The van der Waals surface area contributed by atoms with Crippen LogP contribution in [0.15, 0.2) is 97.1 Å². The topological polar surface area (TPSA) is 37.8 Å². The average Bonchev–Trinajstić information content (AvgIpc) is 3.38. The zero-order valence-corrected chi connectivity index (χ0v) is 17.5. The Hall–Kier alpha value is -4.38. The van der Waals surface area contributed by atoms with Crippen molar-refractivity contribution in [1.29, 1.82) is 0 Å². The molecule has 0 saturated carbocycles. The first-order valence-corrected chi connectivity index (χ1v) is 10.4. The molecule has 2 heterocycles. The molecule has 5 nitrogen and oxygen atoms in total. The second-order valence-electron chi connectivity index (χ2n) is 7.75. The number of hydrogen-bond acceptors (Lipinski definition) is 1. The molecular formula is C27H20N4O. The fourth-order valence-electron chi connectivity index (χ4n) is 4.25. The summed E-state index contributed by atoms with van der Waals surface area (Å²) in [6.07, 6.45) is 6.83. The minimum atomic E-state index is 0.214. The number of phenols is 1. The molecule has 32 heavy (non-hydrogen) atoms. The van der Waals surface area contributed by atoms with Gasteiger partial charge in [0.05, 0.1) is 34.8 Å². The van der Waals surface area contributed by atoms with E-state index < -0.39 is 0 Å². The number of para-hydroxylation sites is 6. The van der Waals surface area contributed by atoms with Gasteiger partial charge in [0, 0.05) is 5.69 Å². The number of aryl methyl sites for hydroxylation is 1. The van der Waals surface area contributed by atoms with Gasteiger partial charge in [-0.3, -0.25) is 9.13 Å². The molecule has 5 heteroatoms. The molecule has 0 aliphatic heterocycles. The zero-order chi connectivity index (χ0) is 21.7. The zero-order valence-electron chi connectivity index (χ0n) is 17.5. The SMILES string of the molecule is C[n+]1[c-]n(-c2cccc(-n3[c-][n+](-c4ccccc4O)c4ccccc43)c2)c2ccccc21. The van der Waals surface area contributed by atoms with E-state index in [0.717, 1.165) is 33.4 Å². The fraction of sp³-hybridized carbons (Fsp3) is 0.0370. The van der Waals surface area contributed by atoms with Crippen LogP contribution in [0.5, 0.6) is 5.75 Å². The summed E-state index contributed by atoms with van der Waals surface area (Å²) in [6, 6.07) is 32.0. The number of benzene rings is 4. The van der Waals surface area contributed by atoms with Gasteiger partial charge in [0.25, 0.3) is 6.33 Å². The highest BCUT2D eigenvalue weighted by Gasteiger charge is 2.14. The molecule has 6 aromatic rings. The van der Waals surface area contributed by atoms with Gasteiger partial charge < -0.3 is 14.2 Å².